The number of ether oxygens (including phenoxy) is 1. The Hall–Kier alpha value is -0.120. The molecule has 2 unspecified atom stereocenters. The molecule has 0 radical (unpaired) electrons. The molecular weight excluding hydrogens is 178 g/mol. The zero-order valence-electron chi connectivity index (χ0n) is 8.96. The number of likely N-dealkylation sites (N-methyl/N-ethyl adjacent to an activating group) is 1. The zero-order chi connectivity index (χ0) is 10.0. The van der Waals surface area contributed by atoms with Crippen LogP contribution < -0.4 is 5.32 Å². The lowest BCUT2D eigenvalue weighted by Crippen LogP contribution is -2.44. The van der Waals surface area contributed by atoms with Gasteiger partial charge in [-0.05, 0) is 45.6 Å². The summed E-state index contributed by atoms with van der Waals surface area (Å²) in [6.45, 7) is 0.230. The van der Waals surface area contributed by atoms with E-state index in [0.29, 0.717) is 12.2 Å². The predicted molar refractivity (Wildman–Crippen MR) is 55.2 cm³/mol. The summed E-state index contributed by atoms with van der Waals surface area (Å²) in [5, 5.41) is 12.6. The maximum absolute atomic E-state index is 9.32. The third-order valence-corrected chi connectivity index (χ3v) is 3.83. The van der Waals surface area contributed by atoms with Crippen molar-refractivity contribution in [3.63, 3.8) is 0 Å². The Morgan fingerprint density at radius 2 is 2.14 bits per heavy atom. The molecule has 0 spiro atoms. The van der Waals surface area contributed by atoms with Crippen LogP contribution in [0.3, 0.4) is 0 Å². The molecule has 0 aliphatic heterocycles. The minimum atomic E-state index is -0.0611. The highest BCUT2D eigenvalue weighted by atomic mass is 16.5. The van der Waals surface area contributed by atoms with Crippen molar-refractivity contribution in [2.24, 2.45) is 0 Å². The fourth-order valence-electron chi connectivity index (χ4n) is 2.42. The highest BCUT2D eigenvalue weighted by Gasteiger charge is 2.39. The first-order chi connectivity index (χ1) is 6.78. The van der Waals surface area contributed by atoms with Crippen molar-refractivity contribution in [2.45, 2.75) is 56.3 Å². The molecule has 0 aromatic rings. The fourth-order valence-corrected chi connectivity index (χ4v) is 2.42. The molecule has 0 aromatic carbocycles. The van der Waals surface area contributed by atoms with Gasteiger partial charge in [-0.1, -0.05) is 0 Å². The normalized spacial score (nSPS) is 38.6. The molecule has 0 saturated heterocycles. The van der Waals surface area contributed by atoms with Crippen molar-refractivity contribution in [1.29, 1.82) is 0 Å². The van der Waals surface area contributed by atoms with E-state index in [-0.39, 0.29) is 12.1 Å². The lowest BCUT2D eigenvalue weighted by molar-refractivity contribution is -0.0514. The van der Waals surface area contributed by atoms with Gasteiger partial charge in [0.15, 0.2) is 0 Å². The van der Waals surface area contributed by atoms with E-state index < -0.39 is 0 Å². The van der Waals surface area contributed by atoms with E-state index in [4.69, 9.17) is 4.74 Å². The summed E-state index contributed by atoms with van der Waals surface area (Å²) in [5.74, 6) is 0. The smallest absolute Gasteiger partial charge is 0.0614 e. The molecule has 3 heteroatoms. The standard InChI is InChI=1S/C11H21NO2/c1-12-11(8-13)6-5-10(7-11)14-9-3-2-4-9/h9-10,12-13H,2-8H2,1H3. The molecule has 2 aliphatic rings. The Morgan fingerprint density at radius 3 is 2.57 bits per heavy atom. The van der Waals surface area contributed by atoms with Gasteiger partial charge in [-0.2, -0.15) is 0 Å². The van der Waals surface area contributed by atoms with E-state index in [9.17, 15) is 5.11 Å². The maximum atomic E-state index is 9.32. The van der Waals surface area contributed by atoms with Gasteiger partial charge in [0.2, 0.25) is 0 Å². The summed E-state index contributed by atoms with van der Waals surface area (Å²) in [4.78, 5) is 0. The van der Waals surface area contributed by atoms with E-state index in [1.165, 1.54) is 19.3 Å². The van der Waals surface area contributed by atoms with Gasteiger partial charge in [0.25, 0.3) is 0 Å². The van der Waals surface area contributed by atoms with E-state index in [0.717, 1.165) is 19.3 Å². The van der Waals surface area contributed by atoms with Crippen LogP contribution in [-0.4, -0.2) is 36.5 Å². The summed E-state index contributed by atoms with van der Waals surface area (Å²) < 4.78 is 5.96. The Labute approximate surface area is 85.8 Å². The molecule has 3 nitrogen and oxygen atoms in total. The van der Waals surface area contributed by atoms with Gasteiger partial charge in [-0.3, -0.25) is 0 Å². The van der Waals surface area contributed by atoms with Gasteiger partial charge in [0, 0.05) is 5.54 Å². The van der Waals surface area contributed by atoms with Crippen molar-refractivity contribution in [3.8, 4) is 0 Å². The first kappa shape index (κ1) is 10.4. The van der Waals surface area contributed by atoms with E-state index in [1.54, 1.807) is 0 Å². The van der Waals surface area contributed by atoms with E-state index >= 15 is 0 Å². The van der Waals surface area contributed by atoms with E-state index in [1.807, 2.05) is 7.05 Å². The predicted octanol–water partition coefficient (Wildman–Crippen LogP) is 1.06. The lowest BCUT2D eigenvalue weighted by Gasteiger charge is -2.30. The molecule has 0 aromatic heterocycles. The van der Waals surface area contributed by atoms with Crippen LogP contribution in [0.1, 0.15) is 38.5 Å². The number of nitrogens with one attached hydrogen (secondary N) is 1. The van der Waals surface area contributed by atoms with Crippen LogP contribution in [0, 0.1) is 0 Å². The second-order valence-electron chi connectivity index (χ2n) is 4.74. The summed E-state index contributed by atoms with van der Waals surface area (Å²) >= 11 is 0. The molecule has 2 fully saturated rings. The molecular formula is C11H21NO2. The van der Waals surface area contributed by atoms with Gasteiger partial charge >= 0.3 is 0 Å². The molecule has 0 amide bonds. The molecule has 2 rings (SSSR count). The fraction of sp³-hybridized carbons (Fsp3) is 1.00. The topological polar surface area (TPSA) is 41.5 Å². The summed E-state index contributed by atoms with van der Waals surface area (Å²) in [6, 6.07) is 0. The second-order valence-corrected chi connectivity index (χ2v) is 4.74. The monoisotopic (exact) mass is 199 g/mol. The molecule has 2 aliphatic carbocycles. The van der Waals surface area contributed by atoms with Crippen molar-refractivity contribution in [3.05, 3.63) is 0 Å². The Kier molecular flexibility index (Phi) is 3.10. The second kappa shape index (κ2) is 4.17. The first-order valence-electron chi connectivity index (χ1n) is 5.73. The van der Waals surface area contributed by atoms with Gasteiger partial charge < -0.3 is 15.2 Å². The number of hydrogen-bond acceptors (Lipinski definition) is 3. The quantitative estimate of drug-likeness (QED) is 0.711. The number of aliphatic hydroxyl groups is 1. The minimum Gasteiger partial charge on any atom is -0.394 e. The van der Waals surface area contributed by atoms with Crippen LogP contribution in [0.15, 0.2) is 0 Å². The number of aliphatic hydroxyl groups excluding tert-OH is 1. The van der Waals surface area contributed by atoms with Gasteiger partial charge in [0.05, 0.1) is 18.8 Å². The Morgan fingerprint density at radius 1 is 1.36 bits per heavy atom. The SMILES string of the molecule is CNC1(CO)CCC(OC2CCC2)C1. The number of rotatable bonds is 4. The molecule has 2 atom stereocenters. The minimum absolute atomic E-state index is 0.0611. The molecule has 2 N–H and O–H groups in total. The van der Waals surface area contributed by atoms with Crippen LogP contribution in [-0.2, 0) is 4.74 Å². The van der Waals surface area contributed by atoms with Crippen LogP contribution in [0.25, 0.3) is 0 Å². The highest BCUT2D eigenvalue weighted by molar-refractivity contribution is 4.96. The molecule has 2 saturated carbocycles. The van der Waals surface area contributed by atoms with Crippen molar-refractivity contribution < 1.29 is 9.84 Å². The van der Waals surface area contributed by atoms with Crippen LogP contribution >= 0.6 is 0 Å². The molecule has 0 bridgehead atoms. The lowest BCUT2D eigenvalue weighted by atomic mass is 9.95. The maximum Gasteiger partial charge on any atom is 0.0614 e. The third-order valence-electron chi connectivity index (χ3n) is 3.83. The van der Waals surface area contributed by atoms with Gasteiger partial charge in [-0.15, -0.1) is 0 Å². The van der Waals surface area contributed by atoms with Crippen molar-refractivity contribution in [2.75, 3.05) is 13.7 Å². The van der Waals surface area contributed by atoms with Crippen LogP contribution in [0.4, 0.5) is 0 Å². The summed E-state index contributed by atoms with van der Waals surface area (Å²) in [7, 11) is 1.93. The summed E-state index contributed by atoms with van der Waals surface area (Å²) in [6.07, 6.45) is 7.80. The number of hydrogen-bond donors (Lipinski definition) is 2. The Balaban J connectivity index is 1.80. The Bertz CT molecular complexity index is 188. The largest absolute Gasteiger partial charge is 0.394 e. The first-order valence-corrected chi connectivity index (χ1v) is 5.73. The zero-order valence-corrected chi connectivity index (χ0v) is 8.96. The van der Waals surface area contributed by atoms with Gasteiger partial charge in [0.1, 0.15) is 0 Å². The molecule has 0 heterocycles. The average Bonchev–Trinajstić information content (AvgIpc) is 2.56. The third kappa shape index (κ3) is 1.95. The average molecular weight is 199 g/mol. The molecule has 82 valence electrons. The van der Waals surface area contributed by atoms with Crippen molar-refractivity contribution >= 4 is 0 Å². The van der Waals surface area contributed by atoms with Gasteiger partial charge in [-0.25, -0.2) is 0 Å². The molecule has 14 heavy (non-hydrogen) atoms. The van der Waals surface area contributed by atoms with Crippen molar-refractivity contribution in [1.82, 2.24) is 5.32 Å². The van der Waals surface area contributed by atoms with Crippen LogP contribution in [0.2, 0.25) is 0 Å². The summed E-state index contributed by atoms with van der Waals surface area (Å²) in [5.41, 5.74) is -0.0611. The van der Waals surface area contributed by atoms with E-state index in [2.05, 4.69) is 5.32 Å². The van der Waals surface area contributed by atoms with Crippen LogP contribution in [0.5, 0.6) is 0 Å². The highest BCUT2D eigenvalue weighted by Crippen LogP contribution is 2.34.